The molecule has 0 atom stereocenters. The Balaban J connectivity index is 4.67. The number of sulfonamides is 1. The number of rotatable bonds is 5. The van der Waals surface area contributed by atoms with Gasteiger partial charge in [0.15, 0.2) is 0 Å². The van der Waals surface area contributed by atoms with E-state index in [2.05, 4.69) is 0 Å². The summed E-state index contributed by atoms with van der Waals surface area (Å²) < 4.78 is 24.9. The van der Waals surface area contributed by atoms with Crippen molar-refractivity contribution in [3.8, 4) is 0 Å². The van der Waals surface area contributed by atoms with E-state index < -0.39 is 10.0 Å². The van der Waals surface area contributed by atoms with E-state index in [4.69, 9.17) is 0 Å². The summed E-state index contributed by atoms with van der Waals surface area (Å²) in [5, 5.41) is -0.321. The minimum atomic E-state index is -3.07. The summed E-state index contributed by atoms with van der Waals surface area (Å²) in [6.45, 7) is 7.46. The molecule has 0 fully saturated rings. The molecule has 0 aromatic carbocycles. The molecule has 0 aromatic heterocycles. The van der Waals surface area contributed by atoms with Crippen LogP contribution in [-0.2, 0) is 10.0 Å². The molecule has 0 rings (SSSR count). The summed E-state index contributed by atoms with van der Waals surface area (Å²) in [5.74, 6) is 0. The van der Waals surface area contributed by atoms with Crippen LogP contribution in [0.1, 0.15) is 40.5 Å². The highest BCUT2D eigenvalue weighted by atomic mass is 32.2. The van der Waals surface area contributed by atoms with Gasteiger partial charge in [0, 0.05) is 13.1 Å². The number of hydrogen-bond donors (Lipinski definition) is 0. The second-order valence-corrected chi connectivity index (χ2v) is 6.13. The van der Waals surface area contributed by atoms with E-state index >= 15 is 0 Å². The zero-order valence-electron chi connectivity index (χ0n) is 9.24. The van der Waals surface area contributed by atoms with Gasteiger partial charge in [-0.05, 0) is 26.7 Å². The van der Waals surface area contributed by atoms with Crippen LogP contribution < -0.4 is 0 Å². The summed E-state index contributed by atoms with van der Waals surface area (Å²) in [6, 6.07) is 0.146. The third-order valence-corrected chi connectivity index (χ3v) is 4.75. The quantitative estimate of drug-likeness (QED) is 0.690. The fourth-order valence-electron chi connectivity index (χ4n) is 1.34. The van der Waals surface area contributed by atoms with Gasteiger partial charge in [0.05, 0.1) is 5.25 Å². The first-order chi connectivity index (χ1) is 5.87. The number of hydrogen-bond acceptors (Lipinski definition) is 2. The van der Waals surface area contributed by atoms with Crippen molar-refractivity contribution in [3.05, 3.63) is 0 Å². The van der Waals surface area contributed by atoms with Crippen LogP contribution in [-0.4, -0.2) is 31.1 Å². The molecule has 80 valence electrons. The van der Waals surface area contributed by atoms with Crippen molar-refractivity contribution in [2.24, 2.45) is 0 Å². The average molecular weight is 207 g/mol. The van der Waals surface area contributed by atoms with Crippen molar-refractivity contribution in [2.45, 2.75) is 51.8 Å². The molecule has 0 saturated carbocycles. The fourth-order valence-corrected chi connectivity index (χ4v) is 2.72. The van der Waals surface area contributed by atoms with Crippen LogP contribution >= 0.6 is 0 Å². The maximum absolute atomic E-state index is 11.7. The van der Waals surface area contributed by atoms with Crippen LogP contribution in [0, 0.1) is 0 Å². The highest BCUT2D eigenvalue weighted by molar-refractivity contribution is 7.89. The molecule has 13 heavy (non-hydrogen) atoms. The van der Waals surface area contributed by atoms with Gasteiger partial charge in [-0.15, -0.1) is 0 Å². The highest BCUT2D eigenvalue weighted by Gasteiger charge is 2.26. The van der Waals surface area contributed by atoms with Crippen molar-refractivity contribution < 1.29 is 8.42 Å². The Labute approximate surface area is 82.2 Å². The molecule has 0 radical (unpaired) electrons. The van der Waals surface area contributed by atoms with Crippen LogP contribution in [0.4, 0.5) is 0 Å². The van der Waals surface area contributed by atoms with Gasteiger partial charge >= 0.3 is 0 Å². The second kappa shape index (κ2) is 4.96. The largest absolute Gasteiger partial charge is 0.216 e. The van der Waals surface area contributed by atoms with E-state index in [0.29, 0.717) is 0 Å². The average Bonchev–Trinajstić information content (AvgIpc) is 2.06. The Morgan fingerprint density at radius 3 is 1.77 bits per heavy atom. The van der Waals surface area contributed by atoms with E-state index in [1.165, 1.54) is 4.31 Å². The van der Waals surface area contributed by atoms with Crippen LogP contribution in [0.25, 0.3) is 0 Å². The summed E-state index contributed by atoms with van der Waals surface area (Å²) in [7, 11) is -1.39. The lowest BCUT2D eigenvalue weighted by molar-refractivity contribution is 0.346. The molecule has 0 heterocycles. The molecule has 0 spiro atoms. The van der Waals surface area contributed by atoms with Gasteiger partial charge in [-0.3, -0.25) is 0 Å². The molecule has 0 aliphatic carbocycles. The smallest absolute Gasteiger partial charge is 0.212 e. The van der Waals surface area contributed by atoms with Gasteiger partial charge in [-0.2, -0.15) is 0 Å². The fraction of sp³-hybridized carbons (Fsp3) is 1.00. The number of nitrogens with zero attached hydrogens (tertiary/aromatic N) is 1. The first-order valence-electron chi connectivity index (χ1n) is 4.84. The van der Waals surface area contributed by atoms with Crippen LogP contribution in [0.5, 0.6) is 0 Å². The molecule has 0 amide bonds. The molecule has 0 saturated heterocycles. The van der Waals surface area contributed by atoms with E-state index in [9.17, 15) is 8.42 Å². The van der Waals surface area contributed by atoms with Gasteiger partial charge in [0.2, 0.25) is 10.0 Å². The monoisotopic (exact) mass is 207 g/mol. The molecule has 0 aliphatic heterocycles. The van der Waals surface area contributed by atoms with Crippen molar-refractivity contribution in [2.75, 3.05) is 7.05 Å². The van der Waals surface area contributed by atoms with E-state index in [1.807, 2.05) is 13.8 Å². The topological polar surface area (TPSA) is 37.4 Å². The lowest BCUT2D eigenvalue weighted by Gasteiger charge is -2.27. The molecule has 0 bridgehead atoms. The summed E-state index contributed by atoms with van der Waals surface area (Å²) in [6.07, 6.45) is 1.75. The molecule has 0 unspecified atom stereocenters. The molecule has 0 aliphatic rings. The first-order valence-corrected chi connectivity index (χ1v) is 6.35. The van der Waals surface area contributed by atoms with Crippen molar-refractivity contribution >= 4 is 10.0 Å². The van der Waals surface area contributed by atoms with Gasteiger partial charge in [-0.25, -0.2) is 12.7 Å². The predicted molar refractivity (Wildman–Crippen MR) is 56.2 cm³/mol. The maximum Gasteiger partial charge on any atom is 0.216 e. The Hall–Kier alpha value is -0.0900. The molecular formula is C9H21NO2S. The molecule has 3 nitrogen and oxygen atoms in total. The zero-order chi connectivity index (χ0) is 10.6. The first kappa shape index (κ1) is 12.9. The van der Waals surface area contributed by atoms with Crippen LogP contribution in [0.2, 0.25) is 0 Å². The molecule has 4 heteroatoms. The SMILES string of the molecule is CCC(CC)N(C)S(=O)(=O)C(C)C. The van der Waals surface area contributed by atoms with Gasteiger partial charge in [0.25, 0.3) is 0 Å². The second-order valence-electron chi connectivity index (χ2n) is 3.58. The van der Waals surface area contributed by atoms with Crippen molar-refractivity contribution in [1.82, 2.24) is 4.31 Å². The summed E-state index contributed by atoms with van der Waals surface area (Å²) >= 11 is 0. The Kier molecular flexibility index (Phi) is 4.92. The van der Waals surface area contributed by atoms with Crippen LogP contribution in [0.3, 0.4) is 0 Å². The van der Waals surface area contributed by atoms with E-state index in [-0.39, 0.29) is 11.3 Å². The standard InChI is InChI=1S/C9H21NO2S/c1-6-9(7-2)10(5)13(11,12)8(3)4/h8-9H,6-7H2,1-5H3. The predicted octanol–water partition coefficient (Wildman–Crippen LogP) is 1.84. The third kappa shape index (κ3) is 2.95. The minimum Gasteiger partial charge on any atom is -0.212 e. The Morgan fingerprint density at radius 2 is 1.54 bits per heavy atom. The normalized spacial score (nSPS) is 13.2. The highest BCUT2D eigenvalue weighted by Crippen LogP contribution is 2.14. The molecule has 0 N–H and O–H groups in total. The van der Waals surface area contributed by atoms with Gasteiger partial charge in [0.1, 0.15) is 0 Å². The zero-order valence-corrected chi connectivity index (χ0v) is 10.1. The molecule has 0 aromatic rings. The van der Waals surface area contributed by atoms with Crippen LogP contribution in [0.15, 0.2) is 0 Å². The van der Waals surface area contributed by atoms with Crippen molar-refractivity contribution in [1.29, 1.82) is 0 Å². The lowest BCUT2D eigenvalue weighted by atomic mass is 10.2. The molecular weight excluding hydrogens is 186 g/mol. The van der Waals surface area contributed by atoms with E-state index in [0.717, 1.165) is 12.8 Å². The van der Waals surface area contributed by atoms with E-state index in [1.54, 1.807) is 20.9 Å². The Morgan fingerprint density at radius 1 is 1.15 bits per heavy atom. The summed E-state index contributed by atoms with van der Waals surface area (Å²) in [4.78, 5) is 0. The maximum atomic E-state index is 11.7. The van der Waals surface area contributed by atoms with Crippen molar-refractivity contribution in [3.63, 3.8) is 0 Å². The minimum absolute atomic E-state index is 0.146. The Bertz CT molecular complexity index is 230. The third-order valence-electron chi connectivity index (χ3n) is 2.45. The summed E-state index contributed by atoms with van der Waals surface area (Å²) in [5.41, 5.74) is 0. The van der Waals surface area contributed by atoms with Gasteiger partial charge in [-0.1, -0.05) is 13.8 Å². The lowest BCUT2D eigenvalue weighted by Crippen LogP contribution is -2.40. The van der Waals surface area contributed by atoms with Gasteiger partial charge < -0.3 is 0 Å².